The minimum absolute atomic E-state index is 0.0838. The lowest BCUT2D eigenvalue weighted by molar-refractivity contribution is -0.657. The van der Waals surface area contributed by atoms with Gasteiger partial charge in [-0.05, 0) is 106 Å². The molecule has 4 fully saturated rings. The molecule has 1 amide bonds. The molecule has 4 rings (SSSR count). The van der Waals surface area contributed by atoms with Crippen LogP contribution in [0, 0.1) is 35.0 Å². The van der Waals surface area contributed by atoms with Crippen LogP contribution >= 0.6 is 0 Å². The summed E-state index contributed by atoms with van der Waals surface area (Å²) in [6, 6.07) is 0. The third kappa shape index (κ3) is 6.39. The first-order valence-corrected chi connectivity index (χ1v) is 15.5. The zero-order chi connectivity index (χ0) is 25.5. The standard InChI is InChI=1S/C29H54N4O3/c1-29-13-12-24-23-9-7-22(20-21(23)6-8-25(24)26(29)10-11-27(29)34)36-28(35)33(19-5-15-31)18-3-2-16-32-17-4-14-30/h21-27,32,34H,2-20,30-31H2,1H3/p+3/t21?,22?,23?,24-,25-,26+,27+,29+/m1/s1. The van der Waals surface area contributed by atoms with Crippen molar-refractivity contribution in [2.75, 3.05) is 39.3 Å². The van der Waals surface area contributed by atoms with Crippen LogP contribution in [0.2, 0.25) is 0 Å². The second-order valence-corrected chi connectivity index (χ2v) is 12.9. The van der Waals surface area contributed by atoms with Crippen molar-refractivity contribution in [3.8, 4) is 0 Å². The summed E-state index contributed by atoms with van der Waals surface area (Å²) in [6.45, 7) is 8.09. The van der Waals surface area contributed by atoms with Crippen molar-refractivity contribution < 1.29 is 31.4 Å². The lowest BCUT2D eigenvalue weighted by atomic mass is 9.50. The van der Waals surface area contributed by atoms with Crippen LogP contribution in [0.15, 0.2) is 0 Å². The molecule has 9 N–H and O–H groups in total. The molecule has 3 unspecified atom stereocenters. The molecule has 0 saturated heterocycles. The Morgan fingerprint density at radius 3 is 2.47 bits per heavy atom. The predicted octanol–water partition coefficient (Wildman–Crippen LogP) is 1.41. The van der Waals surface area contributed by atoms with Crippen molar-refractivity contribution in [1.82, 2.24) is 4.90 Å². The maximum atomic E-state index is 13.1. The van der Waals surface area contributed by atoms with Crippen molar-refractivity contribution in [2.24, 2.45) is 35.0 Å². The van der Waals surface area contributed by atoms with Crippen LogP contribution in [0.25, 0.3) is 0 Å². The molecule has 0 radical (unpaired) electrons. The highest BCUT2D eigenvalue weighted by Crippen LogP contribution is 2.62. The minimum atomic E-state index is -0.0880. The summed E-state index contributed by atoms with van der Waals surface area (Å²) in [4.78, 5) is 15.1. The van der Waals surface area contributed by atoms with E-state index in [0.717, 1.165) is 107 Å². The zero-order valence-corrected chi connectivity index (χ0v) is 23.2. The number of nitrogens with two attached hydrogens (primary N) is 1. The van der Waals surface area contributed by atoms with E-state index in [0.29, 0.717) is 0 Å². The van der Waals surface area contributed by atoms with E-state index in [1.165, 1.54) is 44.9 Å². The van der Waals surface area contributed by atoms with Crippen LogP contribution in [0.1, 0.15) is 90.4 Å². The smallest absolute Gasteiger partial charge is 0.410 e. The fourth-order valence-corrected chi connectivity index (χ4v) is 8.73. The van der Waals surface area contributed by atoms with Gasteiger partial charge in [0.2, 0.25) is 0 Å². The Morgan fingerprint density at radius 2 is 1.67 bits per heavy atom. The maximum absolute atomic E-state index is 13.1. The van der Waals surface area contributed by atoms with Crippen LogP contribution in [-0.4, -0.2) is 67.6 Å². The fraction of sp³-hybridized carbons (Fsp3) is 0.966. The summed E-state index contributed by atoms with van der Waals surface area (Å²) in [5, 5.41) is 13.0. The first-order chi connectivity index (χ1) is 17.5. The first-order valence-electron chi connectivity index (χ1n) is 15.5. The van der Waals surface area contributed by atoms with Crippen molar-refractivity contribution in [3.05, 3.63) is 0 Å². The summed E-state index contributed by atoms with van der Waals surface area (Å²) < 4.78 is 6.16. The molecular formula is C29H57N4O3+3. The summed E-state index contributed by atoms with van der Waals surface area (Å²) in [7, 11) is 0. The molecule has 0 spiro atoms. The fourth-order valence-electron chi connectivity index (χ4n) is 8.73. The number of aliphatic hydroxyl groups is 1. The van der Waals surface area contributed by atoms with Crippen molar-refractivity contribution in [2.45, 2.75) is 103 Å². The molecule has 0 aliphatic heterocycles. The molecule has 36 heavy (non-hydrogen) atoms. The number of fused-ring (bicyclic) bond motifs is 5. The van der Waals surface area contributed by atoms with E-state index in [1.54, 1.807) is 0 Å². The molecule has 0 heterocycles. The van der Waals surface area contributed by atoms with Gasteiger partial charge < -0.3 is 31.5 Å². The second kappa shape index (κ2) is 13.3. The van der Waals surface area contributed by atoms with E-state index in [-0.39, 0.29) is 23.7 Å². The van der Waals surface area contributed by atoms with Gasteiger partial charge in [-0.2, -0.15) is 0 Å². The van der Waals surface area contributed by atoms with Gasteiger partial charge in [-0.15, -0.1) is 0 Å². The molecular weight excluding hydrogens is 452 g/mol. The first kappa shape index (κ1) is 28.1. The molecule has 0 aromatic heterocycles. The maximum Gasteiger partial charge on any atom is 0.410 e. The topological polar surface area (TPSA) is 122 Å². The zero-order valence-electron chi connectivity index (χ0n) is 23.2. The number of hydrogen-bond donors (Lipinski definition) is 4. The highest BCUT2D eigenvalue weighted by molar-refractivity contribution is 5.67. The Kier molecular flexibility index (Phi) is 10.4. The molecule has 4 saturated carbocycles. The monoisotopic (exact) mass is 509 g/mol. The van der Waals surface area contributed by atoms with E-state index in [2.05, 4.69) is 23.7 Å². The summed E-state index contributed by atoms with van der Waals surface area (Å²) in [6.07, 6.45) is 14.9. The Bertz CT molecular complexity index is 693. The summed E-state index contributed by atoms with van der Waals surface area (Å²) in [5.74, 6) is 3.90. The number of nitrogens with zero attached hydrogens (tertiary/aromatic N) is 1. The lowest BCUT2D eigenvalue weighted by Crippen LogP contribution is -2.84. The number of quaternary nitrogens is 3. The number of carbonyl (C=O) groups excluding carboxylic acids is 1. The Hall–Kier alpha value is -0.890. The van der Waals surface area contributed by atoms with Crippen molar-refractivity contribution >= 4 is 6.09 Å². The Balaban J connectivity index is 1.24. The van der Waals surface area contributed by atoms with Crippen LogP contribution in [0.3, 0.4) is 0 Å². The number of aliphatic hydroxyl groups excluding tert-OH is 1. The van der Waals surface area contributed by atoms with Gasteiger partial charge in [0.25, 0.3) is 0 Å². The van der Waals surface area contributed by atoms with Crippen LogP contribution < -0.4 is 16.8 Å². The molecule has 7 nitrogen and oxygen atoms in total. The number of carbonyl (C=O) groups is 1. The summed E-state index contributed by atoms with van der Waals surface area (Å²) in [5.41, 5.74) is 8.05. The van der Waals surface area contributed by atoms with E-state index >= 15 is 0 Å². The van der Waals surface area contributed by atoms with E-state index < -0.39 is 0 Å². The average Bonchev–Trinajstić information content (AvgIpc) is 3.19. The van der Waals surface area contributed by atoms with Gasteiger partial charge in [-0.1, -0.05) is 6.92 Å². The minimum Gasteiger partial charge on any atom is -0.446 e. The SMILES string of the molecule is C[C@]12CC[C@@H]3C4CCC(OC(=O)N(CCC[NH3+])CCCC[NH2+]CCC[NH3+])CC4CC[C@H]3[C@@H]1CC[C@@H]2O. The molecule has 208 valence electrons. The van der Waals surface area contributed by atoms with Crippen LogP contribution in [0.5, 0.6) is 0 Å². The Morgan fingerprint density at radius 1 is 0.917 bits per heavy atom. The predicted molar refractivity (Wildman–Crippen MR) is 141 cm³/mol. The van der Waals surface area contributed by atoms with Gasteiger partial charge in [0, 0.05) is 25.9 Å². The highest BCUT2D eigenvalue weighted by Gasteiger charge is 2.56. The molecule has 7 heteroatoms. The van der Waals surface area contributed by atoms with E-state index in [1.807, 2.05) is 4.90 Å². The number of hydrogen-bond acceptors (Lipinski definition) is 3. The van der Waals surface area contributed by atoms with E-state index in [9.17, 15) is 9.90 Å². The molecule has 8 atom stereocenters. The molecule has 4 aliphatic carbocycles. The average molecular weight is 510 g/mol. The number of rotatable bonds is 12. The third-order valence-electron chi connectivity index (χ3n) is 10.8. The number of ether oxygens (including phenoxy) is 1. The Labute approximate surface area is 219 Å². The van der Waals surface area contributed by atoms with Crippen molar-refractivity contribution in [1.29, 1.82) is 0 Å². The molecule has 4 aliphatic rings. The van der Waals surface area contributed by atoms with Gasteiger partial charge >= 0.3 is 6.09 Å². The molecule has 0 bridgehead atoms. The molecule has 0 aromatic rings. The van der Waals surface area contributed by atoms with Crippen LogP contribution in [-0.2, 0) is 4.74 Å². The summed E-state index contributed by atoms with van der Waals surface area (Å²) >= 11 is 0. The number of amides is 1. The van der Waals surface area contributed by atoms with Crippen molar-refractivity contribution in [3.63, 3.8) is 0 Å². The largest absolute Gasteiger partial charge is 0.446 e. The second-order valence-electron chi connectivity index (χ2n) is 12.9. The third-order valence-corrected chi connectivity index (χ3v) is 10.8. The van der Waals surface area contributed by atoms with Gasteiger partial charge in [0.05, 0.1) is 32.3 Å². The lowest BCUT2D eigenvalue weighted by Gasteiger charge is -2.55. The molecule has 0 aromatic carbocycles. The highest BCUT2D eigenvalue weighted by atomic mass is 16.6. The normalized spacial score (nSPS) is 37.6. The van der Waals surface area contributed by atoms with Gasteiger partial charge in [0.15, 0.2) is 0 Å². The van der Waals surface area contributed by atoms with Gasteiger partial charge in [0.1, 0.15) is 6.10 Å². The number of unbranched alkanes of at least 4 members (excludes halogenated alkanes) is 1. The van der Waals surface area contributed by atoms with Crippen LogP contribution in [0.4, 0.5) is 4.79 Å². The van der Waals surface area contributed by atoms with E-state index in [4.69, 9.17) is 4.74 Å². The van der Waals surface area contributed by atoms with Gasteiger partial charge in [-0.25, -0.2) is 4.79 Å². The quantitative estimate of drug-likeness (QED) is 0.298. The van der Waals surface area contributed by atoms with Gasteiger partial charge in [-0.3, -0.25) is 0 Å².